The number of anilines is 1. The molecule has 0 aliphatic heterocycles. The van der Waals surface area contributed by atoms with Crippen molar-refractivity contribution >= 4 is 28.4 Å². The van der Waals surface area contributed by atoms with Gasteiger partial charge in [-0.15, -0.1) is 0 Å². The number of aromatic nitrogens is 3. The number of hydrogen-bond acceptors (Lipinski definition) is 6. The van der Waals surface area contributed by atoms with E-state index in [1.807, 2.05) is 0 Å². The van der Waals surface area contributed by atoms with Crippen LogP contribution in [0.3, 0.4) is 0 Å². The lowest BCUT2D eigenvalue weighted by molar-refractivity contribution is 0.0697. The average molecular weight is 292 g/mol. The van der Waals surface area contributed by atoms with Crippen LogP contribution < -0.4 is 5.32 Å². The van der Waals surface area contributed by atoms with E-state index in [4.69, 9.17) is 5.11 Å². The van der Waals surface area contributed by atoms with Gasteiger partial charge in [0, 0.05) is 0 Å². The second kappa shape index (κ2) is 5.33. The standard InChI is InChI=1S/C12H12N4O3S/c1-5-4-8(6(2)15-14-5)10(17)13-11-9(12(18)19)7(3)16-20-11/h4H,1-3H3,(H,13,17)(H,18,19). The van der Waals surface area contributed by atoms with Gasteiger partial charge in [-0.3, -0.25) is 4.79 Å². The Morgan fingerprint density at radius 1 is 1.20 bits per heavy atom. The molecular formula is C12H12N4O3S. The molecule has 0 aliphatic rings. The molecule has 2 rings (SSSR count). The van der Waals surface area contributed by atoms with Gasteiger partial charge < -0.3 is 10.4 Å². The van der Waals surface area contributed by atoms with Crippen LogP contribution in [0.25, 0.3) is 0 Å². The molecule has 0 unspecified atom stereocenters. The van der Waals surface area contributed by atoms with Crippen molar-refractivity contribution in [3.63, 3.8) is 0 Å². The van der Waals surface area contributed by atoms with Gasteiger partial charge in [0.2, 0.25) is 0 Å². The summed E-state index contributed by atoms with van der Waals surface area (Å²) < 4.78 is 3.94. The van der Waals surface area contributed by atoms with Crippen LogP contribution >= 0.6 is 11.5 Å². The largest absolute Gasteiger partial charge is 0.478 e. The van der Waals surface area contributed by atoms with Crippen LogP contribution in [0.15, 0.2) is 6.07 Å². The number of carboxylic acids is 1. The molecule has 0 bridgehead atoms. The molecule has 2 aromatic heterocycles. The maximum absolute atomic E-state index is 12.2. The van der Waals surface area contributed by atoms with E-state index >= 15 is 0 Å². The highest BCUT2D eigenvalue weighted by Gasteiger charge is 2.20. The Bertz CT molecular complexity index is 696. The molecule has 0 saturated carbocycles. The Morgan fingerprint density at radius 3 is 2.55 bits per heavy atom. The third-order valence-electron chi connectivity index (χ3n) is 2.65. The molecule has 8 heteroatoms. The van der Waals surface area contributed by atoms with E-state index in [-0.39, 0.29) is 10.6 Å². The number of carboxylic acid groups (broad SMARTS) is 1. The summed E-state index contributed by atoms with van der Waals surface area (Å²) in [4.78, 5) is 23.3. The lowest BCUT2D eigenvalue weighted by Crippen LogP contribution is -2.16. The fourth-order valence-electron chi connectivity index (χ4n) is 1.66. The Hall–Kier alpha value is -2.35. The average Bonchev–Trinajstić information content (AvgIpc) is 2.73. The Labute approximate surface area is 118 Å². The minimum absolute atomic E-state index is 0.0136. The van der Waals surface area contributed by atoms with E-state index < -0.39 is 11.9 Å². The minimum Gasteiger partial charge on any atom is -0.478 e. The number of nitrogens with zero attached hydrogens (tertiary/aromatic N) is 3. The summed E-state index contributed by atoms with van der Waals surface area (Å²) in [5, 5.41) is 19.6. The van der Waals surface area contributed by atoms with E-state index in [0.717, 1.165) is 11.5 Å². The highest BCUT2D eigenvalue weighted by atomic mass is 32.1. The second-order valence-electron chi connectivity index (χ2n) is 4.22. The summed E-state index contributed by atoms with van der Waals surface area (Å²) in [5.41, 5.74) is 1.84. The van der Waals surface area contributed by atoms with Crippen LogP contribution in [0.1, 0.15) is 37.8 Å². The summed E-state index contributed by atoms with van der Waals surface area (Å²) in [5.74, 6) is -1.54. The fourth-order valence-corrected chi connectivity index (χ4v) is 2.44. The van der Waals surface area contributed by atoms with Crippen LogP contribution in [0.2, 0.25) is 0 Å². The van der Waals surface area contributed by atoms with Crippen molar-refractivity contribution in [3.05, 3.63) is 34.3 Å². The quantitative estimate of drug-likeness (QED) is 0.893. The fraction of sp³-hybridized carbons (Fsp3) is 0.250. The Morgan fingerprint density at radius 2 is 1.90 bits per heavy atom. The highest BCUT2D eigenvalue weighted by molar-refractivity contribution is 7.11. The number of aryl methyl sites for hydroxylation is 3. The molecule has 2 heterocycles. The summed E-state index contributed by atoms with van der Waals surface area (Å²) in [6.45, 7) is 4.97. The van der Waals surface area contributed by atoms with Gasteiger partial charge in [0.15, 0.2) is 0 Å². The van der Waals surface area contributed by atoms with E-state index in [9.17, 15) is 9.59 Å². The number of rotatable bonds is 3. The van der Waals surface area contributed by atoms with Gasteiger partial charge in [-0.25, -0.2) is 4.79 Å². The molecule has 0 aromatic carbocycles. The molecule has 0 radical (unpaired) electrons. The van der Waals surface area contributed by atoms with Gasteiger partial charge in [-0.1, -0.05) is 0 Å². The first-order chi connectivity index (χ1) is 9.40. The lowest BCUT2D eigenvalue weighted by atomic mass is 10.2. The Balaban J connectivity index is 2.33. The van der Waals surface area contributed by atoms with Crippen LogP contribution in [0, 0.1) is 20.8 Å². The molecular weight excluding hydrogens is 280 g/mol. The maximum Gasteiger partial charge on any atom is 0.340 e. The second-order valence-corrected chi connectivity index (χ2v) is 4.99. The number of carbonyl (C=O) groups excluding carboxylic acids is 1. The minimum atomic E-state index is -1.12. The van der Waals surface area contributed by atoms with Gasteiger partial charge in [-0.05, 0) is 38.4 Å². The zero-order valence-electron chi connectivity index (χ0n) is 11.1. The van der Waals surface area contributed by atoms with E-state index in [1.54, 1.807) is 26.8 Å². The maximum atomic E-state index is 12.2. The molecule has 104 valence electrons. The number of amides is 1. The summed E-state index contributed by atoms with van der Waals surface area (Å²) in [7, 11) is 0. The van der Waals surface area contributed by atoms with E-state index in [1.165, 1.54) is 0 Å². The number of carbonyl (C=O) groups is 2. The van der Waals surface area contributed by atoms with Crippen molar-refractivity contribution in [2.24, 2.45) is 0 Å². The van der Waals surface area contributed by atoms with Crippen LogP contribution in [-0.2, 0) is 0 Å². The first-order valence-corrected chi connectivity index (χ1v) is 6.49. The van der Waals surface area contributed by atoms with Gasteiger partial charge in [0.1, 0.15) is 10.6 Å². The molecule has 2 N–H and O–H groups in total. The molecule has 0 atom stereocenters. The first-order valence-electron chi connectivity index (χ1n) is 5.72. The van der Waals surface area contributed by atoms with Gasteiger partial charge in [-0.2, -0.15) is 14.6 Å². The van der Waals surface area contributed by atoms with Crippen molar-refractivity contribution < 1.29 is 14.7 Å². The van der Waals surface area contributed by atoms with E-state index in [2.05, 4.69) is 19.9 Å². The zero-order valence-corrected chi connectivity index (χ0v) is 11.9. The van der Waals surface area contributed by atoms with Crippen LogP contribution in [-0.4, -0.2) is 31.6 Å². The van der Waals surface area contributed by atoms with Gasteiger partial charge >= 0.3 is 5.97 Å². The van der Waals surface area contributed by atoms with Crippen LogP contribution in [0.4, 0.5) is 5.00 Å². The summed E-state index contributed by atoms with van der Waals surface area (Å²) in [6.07, 6.45) is 0. The number of nitrogens with one attached hydrogen (secondary N) is 1. The molecule has 2 aromatic rings. The monoisotopic (exact) mass is 292 g/mol. The highest BCUT2D eigenvalue weighted by Crippen LogP contribution is 2.25. The molecule has 0 spiro atoms. The molecule has 0 aliphatic carbocycles. The van der Waals surface area contributed by atoms with E-state index in [0.29, 0.717) is 22.6 Å². The first kappa shape index (κ1) is 14.1. The Kier molecular flexibility index (Phi) is 3.75. The normalized spacial score (nSPS) is 10.3. The number of hydrogen-bond donors (Lipinski definition) is 2. The molecule has 20 heavy (non-hydrogen) atoms. The third kappa shape index (κ3) is 2.64. The molecule has 0 fully saturated rings. The van der Waals surface area contributed by atoms with Crippen molar-refractivity contribution in [2.45, 2.75) is 20.8 Å². The third-order valence-corrected chi connectivity index (χ3v) is 3.50. The SMILES string of the molecule is Cc1cc(C(=O)Nc2snc(C)c2C(=O)O)c(C)nn1. The predicted molar refractivity (Wildman–Crippen MR) is 73.3 cm³/mol. The predicted octanol–water partition coefficient (Wildman–Crippen LogP) is 1.81. The van der Waals surface area contributed by atoms with Crippen LogP contribution in [0.5, 0.6) is 0 Å². The number of aromatic carboxylic acids is 1. The molecule has 7 nitrogen and oxygen atoms in total. The smallest absolute Gasteiger partial charge is 0.340 e. The molecule has 0 saturated heterocycles. The summed E-state index contributed by atoms with van der Waals surface area (Å²) in [6, 6.07) is 1.60. The topological polar surface area (TPSA) is 105 Å². The lowest BCUT2D eigenvalue weighted by Gasteiger charge is -2.06. The van der Waals surface area contributed by atoms with Crippen molar-refractivity contribution in [1.29, 1.82) is 0 Å². The van der Waals surface area contributed by atoms with Crippen molar-refractivity contribution in [1.82, 2.24) is 14.6 Å². The zero-order chi connectivity index (χ0) is 14.9. The van der Waals surface area contributed by atoms with Gasteiger partial charge in [0.05, 0.1) is 22.6 Å². The summed E-state index contributed by atoms with van der Waals surface area (Å²) >= 11 is 0.939. The molecule has 1 amide bonds. The van der Waals surface area contributed by atoms with Gasteiger partial charge in [0.25, 0.3) is 5.91 Å². The van der Waals surface area contributed by atoms with Crippen molar-refractivity contribution in [2.75, 3.05) is 5.32 Å². The van der Waals surface area contributed by atoms with Crippen molar-refractivity contribution in [3.8, 4) is 0 Å².